The zero-order valence-corrected chi connectivity index (χ0v) is 12.3. The number of nitrogens with zero attached hydrogens (tertiary/aromatic N) is 1. The molecule has 0 aliphatic heterocycles. The van der Waals surface area contributed by atoms with Gasteiger partial charge in [-0.2, -0.15) is 0 Å². The number of carboxylic acid groups (broad SMARTS) is 1. The van der Waals surface area contributed by atoms with Crippen LogP contribution >= 0.6 is 0 Å². The van der Waals surface area contributed by atoms with Crippen molar-refractivity contribution in [2.24, 2.45) is 5.41 Å². The van der Waals surface area contributed by atoms with Crippen LogP contribution in [0, 0.1) is 5.41 Å². The Morgan fingerprint density at radius 2 is 1.79 bits per heavy atom. The number of hydrogen-bond acceptors (Lipinski definition) is 3. The zero-order valence-electron chi connectivity index (χ0n) is 12.3. The Balaban J connectivity index is 4.55. The van der Waals surface area contributed by atoms with Crippen molar-refractivity contribution < 1.29 is 19.5 Å². The SMILES string of the molecule is CCCN(C(=O)NC(=O)CC(C)(C)C(=O)O)C(C)C. The standard InChI is InChI=1S/C13H24N2O4/c1-6-7-15(9(2)3)12(19)14-10(16)8-13(4,5)11(17)18/h9H,6-8H2,1-5H3,(H,17,18)(H,14,16,19). The van der Waals surface area contributed by atoms with Gasteiger partial charge in [-0.05, 0) is 34.1 Å². The second-order valence-electron chi connectivity index (χ2n) is 5.51. The van der Waals surface area contributed by atoms with E-state index in [0.29, 0.717) is 6.54 Å². The first-order valence-electron chi connectivity index (χ1n) is 6.45. The van der Waals surface area contributed by atoms with Gasteiger partial charge in [0.2, 0.25) is 5.91 Å². The molecule has 0 aliphatic carbocycles. The third-order valence-electron chi connectivity index (χ3n) is 2.78. The van der Waals surface area contributed by atoms with E-state index in [1.54, 1.807) is 4.90 Å². The quantitative estimate of drug-likeness (QED) is 0.772. The van der Waals surface area contributed by atoms with Crippen LogP contribution in [0.5, 0.6) is 0 Å². The molecule has 110 valence electrons. The third kappa shape index (κ3) is 5.72. The molecule has 0 rings (SSSR count). The number of hydrogen-bond donors (Lipinski definition) is 2. The number of rotatable bonds is 6. The molecule has 2 N–H and O–H groups in total. The molecular weight excluding hydrogens is 248 g/mol. The minimum atomic E-state index is -1.18. The predicted octanol–water partition coefficient (Wildman–Crippen LogP) is 1.84. The average Bonchev–Trinajstić information content (AvgIpc) is 2.23. The molecule has 0 spiro atoms. The van der Waals surface area contributed by atoms with Crippen molar-refractivity contribution in [3.05, 3.63) is 0 Å². The molecule has 0 unspecified atom stereocenters. The molecule has 0 bridgehead atoms. The number of urea groups is 1. The molecule has 6 nitrogen and oxygen atoms in total. The highest BCUT2D eigenvalue weighted by Crippen LogP contribution is 2.20. The van der Waals surface area contributed by atoms with Crippen LogP contribution in [0.4, 0.5) is 4.79 Å². The van der Waals surface area contributed by atoms with Gasteiger partial charge < -0.3 is 10.0 Å². The summed E-state index contributed by atoms with van der Waals surface area (Å²) in [4.78, 5) is 36.0. The first kappa shape index (κ1) is 17.4. The molecule has 0 heterocycles. The minimum Gasteiger partial charge on any atom is -0.481 e. The lowest BCUT2D eigenvalue weighted by atomic mass is 9.89. The fourth-order valence-electron chi connectivity index (χ4n) is 1.55. The number of imide groups is 1. The maximum Gasteiger partial charge on any atom is 0.324 e. The summed E-state index contributed by atoms with van der Waals surface area (Å²) in [5, 5.41) is 11.2. The number of carboxylic acids is 1. The van der Waals surface area contributed by atoms with Crippen LogP contribution in [-0.4, -0.2) is 40.5 Å². The monoisotopic (exact) mass is 272 g/mol. The minimum absolute atomic E-state index is 0.0137. The lowest BCUT2D eigenvalue weighted by Gasteiger charge is -2.26. The summed E-state index contributed by atoms with van der Waals surface area (Å²) in [5.41, 5.74) is -1.18. The molecular formula is C13H24N2O4. The molecule has 0 aromatic heterocycles. The van der Waals surface area contributed by atoms with Crippen LogP contribution < -0.4 is 5.32 Å². The molecule has 0 atom stereocenters. The van der Waals surface area contributed by atoms with E-state index < -0.39 is 23.3 Å². The molecule has 0 saturated heterocycles. The lowest BCUT2D eigenvalue weighted by Crippen LogP contribution is -2.47. The Hall–Kier alpha value is -1.59. The lowest BCUT2D eigenvalue weighted by molar-refractivity contribution is -0.149. The van der Waals surface area contributed by atoms with Crippen LogP contribution in [0.3, 0.4) is 0 Å². The Labute approximate surface area is 114 Å². The van der Waals surface area contributed by atoms with Crippen LogP contribution in [0.2, 0.25) is 0 Å². The van der Waals surface area contributed by atoms with Crippen molar-refractivity contribution in [1.82, 2.24) is 10.2 Å². The molecule has 0 aromatic rings. The average molecular weight is 272 g/mol. The van der Waals surface area contributed by atoms with E-state index in [9.17, 15) is 14.4 Å². The Morgan fingerprint density at radius 3 is 2.16 bits per heavy atom. The Morgan fingerprint density at radius 1 is 1.26 bits per heavy atom. The number of carbonyl (C=O) groups excluding carboxylic acids is 2. The van der Waals surface area contributed by atoms with Crippen LogP contribution in [0.1, 0.15) is 47.5 Å². The molecule has 0 aromatic carbocycles. The fourth-order valence-corrected chi connectivity index (χ4v) is 1.55. The van der Waals surface area contributed by atoms with E-state index >= 15 is 0 Å². The smallest absolute Gasteiger partial charge is 0.324 e. The van der Waals surface area contributed by atoms with Crippen molar-refractivity contribution in [2.75, 3.05) is 6.54 Å². The van der Waals surface area contributed by atoms with E-state index in [4.69, 9.17) is 5.11 Å². The highest BCUT2D eigenvalue weighted by molar-refractivity contribution is 5.96. The fraction of sp³-hybridized carbons (Fsp3) is 0.769. The van der Waals surface area contributed by atoms with E-state index in [0.717, 1.165) is 6.42 Å². The van der Waals surface area contributed by atoms with Gasteiger partial charge >= 0.3 is 12.0 Å². The third-order valence-corrected chi connectivity index (χ3v) is 2.78. The van der Waals surface area contributed by atoms with Gasteiger partial charge in [-0.1, -0.05) is 6.92 Å². The summed E-state index contributed by atoms with van der Waals surface area (Å²) in [6.45, 7) is 9.12. The molecule has 6 heteroatoms. The van der Waals surface area contributed by atoms with Crippen molar-refractivity contribution in [3.63, 3.8) is 0 Å². The summed E-state index contributed by atoms with van der Waals surface area (Å²) in [7, 11) is 0. The van der Waals surface area contributed by atoms with Gasteiger partial charge in [-0.3, -0.25) is 14.9 Å². The zero-order chi connectivity index (χ0) is 15.2. The van der Waals surface area contributed by atoms with E-state index in [1.165, 1.54) is 13.8 Å². The maximum absolute atomic E-state index is 11.9. The topological polar surface area (TPSA) is 86.7 Å². The first-order chi connectivity index (χ1) is 8.61. The van der Waals surface area contributed by atoms with Crippen molar-refractivity contribution in [2.45, 2.75) is 53.5 Å². The summed E-state index contributed by atoms with van der Waals surface area (Å²) in [5.74, 6) is -1.64. The summed E-state index contributed by atoms with van der Waals surface area (Å²) < 4.78 is 0. The number of carbonyl (C=O) groups is 3. The van der Waals surface area contributed by atoms with Gasteiger partial charge in [0, 0.05) is 19.0 Å². The van der Waals surface area contributed by atoms with Gasteiger partial charge in [0.05, 0.1) is 5.41 Å². The highest BCUT2D eigenvalue weighted by Gasteiger charge is 2.31. The number of nitrogens with one attached hydrogen (secondary N) is 1. The van der Waals surface area contributed by atoms with E-state index in [-0.39, 0.29) is 12.5 Å². The summed E-state index contributed by atoms with van der Waals surface area (Å²) in [6.07, 6.45) is 0.562. The van der Waals surface area contributed by atoms with Gasteiger partial charge in [0.1, 0.15) is 0 Å². The van der Waals surface area contributed by atoms with E-state index in [1.807, 2.05) is 20.8 Å². The Bertz CT molecular complexity index is 351. The van der Waals surface area contributed by atoms with Crippen molar-refractivity contribution in [3.8, 4) is 0 Å². The van der Waals surface area contributed by atoms with Gasteiger partial charge in [0.25, 0.3) is 0 Å². The van der Waals surface area contributed by atoms with E-state index in [2.05, 4.69) is 5.32 Å². The number of amides is 3. The summed E-state index contributed by atoms with van der Waals surface area (Å²) in [6, 6.07) is -0.483. The van der Waals surface area contributed by atoms with Crippen LogP contribution in [-0.2, 0) is 9.59 Å². The molecule has 0 saturated carbocycles. The molecule has 0 fully saturated rings. The maximum atomic E-state index is 11.9. The van der Waals surface area contributed by atoms with Crippen LogP contribution in [0.15, 0.2) is 0 Å². The van der Waals surface area contributed by atoms with Crippen molar-refractivity contribution >= 4 is 17.9 Å². The normalized spacial score (nSPS) is 11.3. The van der Waals surface area contributed by atoms with Crippen molar-refractivity contribution in [1.29, 1.82) is 0 Å². The second-order valence-corrected chi connectivity index (χ2v) is 5.51. The van der Waals surface area contributed by atoms with Gasteiger partial charge in [-0.25, -0.2) is 4.79 Å². The molecule has 0 aliphatic rings. The van der Waals surface area contributed by atoms with Crippen LogP contribution in [0.25, 0.3) is 0 Å². The molecule has 3 amide bonds. The molecule has 0 radical (unpaired) electrons. The predicted molar refractivity (Wildman–Crippen MR) is 71.7 cm³/mol. The van der Waals surface area contributed by atoms with Gasteiger partial charge in [0.15, 0.2) is 0 Å². The Kier molecular flexibility index (Phi) is 6.52. The number of aliphatic carboxylic acids is 1. The van der Waals surface area contributed by atoms with Gasteiger partial charge in [-0.15, -0.1) is 0 Å². The second kappa shape index (κ2) is 7.11. The molecule has 19 heavy (non-hydrogen) atoms. The largest absolute Gasteiger partial charge is 0.481 e. The first-order valence-corrected chi connectivity index (χ1v) is 6.45. The summed E-state index contributed by atoms with van der Waals surface area (Å²) >= 11 is 0. The highest BCUT2D eigenvalue weighted by atomic mass is 16.4.